The zero-order chi connectivity index (χ0) is 11.2. The molecule has 2 aromatic rings. The van der Waals surface area contributed by atoms with Gasteiger partial charge in [-0.05, 0) is 11.6 Å². The zero-order valence-corrected chi connectivity index (χ0v) is 9.34. The number of aromatic nitrogens is 1. The van der Waals surface area contributed by atoms with Crippen molar-refractivity contribution in [3.05, 3.63) is 78.6 Å². The van der Waals surface area contributed by atoms with Crippen LogP contribution in [0.25, 0.3) is 0 Å². The molecule has 0 radical (unpaired) electrons. The summed E-state index contributed by atoms with van der Waals surface area (Å²) in [7, 11) is 0. The van der Waals surface area contributed by atoms with Gasteiger partial charge in [-0.15, -0.1) is 0 Å². The number of hydrogen-bond acceptors (Lipinski definition) is 0. The monoisotopic (exact) mass is 210 g/mol. The van der Waals surface area contributed by atoms with E-state index < -0.39 is 0 Å². The molecule has 0 fully saturated rings. The number of rotatable bonds is 4. The van der Waals surface area contributed by atoms with Gasteiger partial charge in [-0.25, -0.2) is 0 Å². The van der Waals surface area contributed by atoms with E-state index in [-0.39, 0.29) is 0 Å². The van der Waals surface area contributed by atoms with E-state index in [1.54, 1.807) is 0 Å². The lowest BCUT2D eigenvalue weighted by Gasteiger charge is -2.02. The minimum Gasteiger partial charge on any atom is -0.198 e. The number of allylic oxidation sites excluding steroid dienone is 1. The summed E-state index contributed by atoms with van der Waals surface area (Å²) in [6.07, 6.45) is 4.99. The summed E-state index contributed by atoms with van der Waals surface area (Å²) in [6.45, 7) is 4.65. The van der Waals surface area contributed by atoms with Gasteiger partial charge in [0.05, 0.1) is 6.42 Å². The van der Waals surface area contributed by atoms with Crippen LogP contribution in [0, 0.1) is 0 Å². The topological polar surface area (TPSA) is 3.88 Å². The second-order valence-corrected chi connectivity index (χ2v) is 3.80. The van der Waals surface area contributed by atoms with Crippen molar-refractivity contribution >= 4 is 0 Å². The maximum absolute atomic E-state index is 3.78. The summed E-state index contributed by atoms with van der Waals surface area (Å²) in [5, 5.41) is 0. The van der Waals surface area contributed by atoms with Crippen molar-refractivity contribution in [1.82, 2.24) is 0 Å². The highest BCUT2D eigenvalue weighted by Crippen LogP contribution is 2.05. The third-order valence-corrected chi connectivity index (χ3v) is 2.59. The summed E-state index contributed by atoms with van der Waals surface area (Å²) in [5.41, 5.74) is 2.65. The second kappa shape index (κ2) is 5.26. The van der Waals surface area contributed by atoms with Crippen LogP contribution >= 0.6 is 0 Å². The van der Waals surface area contributed by atoms with Gasteiger partial charge >= 0.3 is 0 Å². The molecule has 0 spiro atoms. The second-order valence-electron chi connectivity index (χ2n) is 3.80. The van der Waals surface area contributed by atoms with Crippen LogP contribution in [-0.4, -0.2) is 0 Å². The Morgan fingerprint density at radius 2 is 1.75 bits per heavy atom. The smallest absolute Gasteiger partial charge is 0.186 e. The minimum absolute atomic E-state index is 0.864. The fourth-order valence-corrected chi connectivity index (χ4v) is 1.79. The van der Waals surface area contributed by atoms with Gasteiger partial charge in [0, 0.05) is 12.1 Å². The van der Waals surface area contributed by atoms with Gasteiger partial charge in [0.2, 0.25) is 0 Å². The lowest BCUT2D eigenvalue weighted by atomic mass is 10.1. The van der Waals surface area contributed by atoms with Gasteiger partial charge in [-0.3, -0.25) is 0 Å². The molecule has 0 aliphatic rings. The predicted molar refractivity (Wildman–Crippen MR) is 66.1 cm³/mol. The molecule has 0 atom stereocenters. The van der Waals surface area contributed by atoms with Crippen LogP contribution in [0.15, 0.2) is 67.4 Å². The zero-order valence-electron chi connectivity index (χ0n) is 9.34. The summed E-state index contributed by atoms with van der Waals surface area (Å²) >= 11 is 0. The molecule has 0 aliphatic heterocycles. The summed E-state index contributed by atoms with van der Waals surface area (Å²) in [6, 6.07) is 16.8. The number of hydrogen-bond donors (Lipinski definition) is 0. The van der Waals surface area contributed by atoms with Crippen molar-refractivity contribution in [3.8, 4) is 0 Å². The summed E-state index contributed by atoms with van der Waals surface area (Å²) < 4.78 is 2.22. The van der Waals surface area contributed by atoms with E-state index in [9.17, 15) is 0 Å². The molecular weight excluding hydrogens is 194 g/mol. The van der Waals surface area contributed by atoms with Crippen LogP contribution in [0.2, 0.25) is 0 Å². The van der Waals surface area contributed by atoms with E-state index in [2.05, 4.69) is 59.8 Å². The lowest BCUT2D eigenvalue weighted by molar-refractivity contribution is -0.694. The van der Waals surface area contributed by atoms with E-state index >= 15 is 0 Å². The van der Waals surface area contributed by atoms with E-state index in [1.807, 2.05) is 12.1 Å². The van der Waals surface area contributed by atoms with Gasteiger partial charge in [0.25, 0.3) is 0 Å². The molecule has 80 valence electrons. The van der Waals surface area contributed by atoms with Gasteiger partial charge in [-0.2, -0.15) is 4.57 Å². The molecule has 0 unspecified atom stereocenters. The Labute approximate surface area is 96.7 Å². The number of nitrogens with zero attached hydrogens (tertiary/aromatic N) is 1. The highest BCUT2D eigenvalue weighted by molar-refractivity contribution is 5.19. The average Bonchev–Trinajstić information content (AvgIpc) is 2.33. The first kappa shape index (κ1) is 10.6. The van der Waals surface area contributed by atoms with E-state index in [0.29, 0.717) is 0 Å². The Morgan fingerprint density at radius 1 is 1.00 bits per heavy atom. The molecule has 0 amide bonds. The molecule has 1 heterocycles. The van der Waals surface area contributed by atoms with Crippen molar-refractivity contribution in [3.63, 3.8) is 0 Å². The molecule has 1 aromatic heterocycles. The van der Waals surface area contributed by atoms with Crippen LogP contribution in [0.4, 0.5) is 0 Å². The Balaban J connectivity index is 2.24. The van der Waals surface area contributed by atoms with Crippen molar-refractivity contribution in [2.75, 3.05) is 0 Å². The predicted octanol–water partition coefficient (Wildman–Crippen LogP) is 2.75. The van der Waals surface area contributed by atoms with Gasteiger partial charge in [0.1, 0.15) is 0 Å². The summed E-state index contributed by atoms with van der Waals surface area (Å²) in [4.78, 5) is 0. The van der Waals surface area contributed by atoms with Gasteiger partial charge in [0.15, 0.2) is 18.4 Å². The highest BCUT2D eigenvalue weighted by atomic mass is 14.9. The van der Waals surface area contributed by atoms with Gasteiger partial charge < -0.3 is 0 Å². The van der Waals surface area contributed by atoms with Crippen LogP contribution < -0.4 is 4.57 Å². The van der Waals surface area contributed by atoms with Crippen LogP contribution in [-0.2, 0) is 13.0 Å². The SMILES string of the molecule is C=CC[n+]1ccccc1Cc1ccccc1. The lowest BCUT2D eigenvalue weighted by Crippen LogP contribution is -2.37. The number of benzene rings is 1. The molecule has 1 nitrogen and oxygen atoms in total. The van der Waals surface area contributed by atoms with Crippen LogP contribution in [0.1, 0.15) is 11.3 Å². The molecule has 2 rings (SSSR count). The molecular formula is C15H16N+. The highest BCUT2D eigenvalue weighted by Gasteiger charge is 2.07. The fourth-order valence-electron chi connectivity index (χ4n) is 1.79. The van der Waals surface area contributed by atoms with Crippen LogP contribution in [0.3, 0.4) is 0 Å². The van der Waals surface area contributed by atoms with E-state index in [1.165, 1.54) is 11.3 Å². The quantitative estimate of drug-likeness (QED) is 0.539. The maximum Gasteiger partial charge on any atom is 0.186 e. The van der Waals surface area contributed by atoms with Gasteiger partial charge in [-0.1, -0.05) is 43.0 Å². The molecule has 0 saturated carbocycles. The van der Waals surface area contributed by atoms with E-state index in [0.717, 1.165) is 13.0 Å². The van der Waals surface area contributed by atoms with Crippen molar-refractivity contribution in [2.24, 2.45) is 0 Å². The fraction of sp³-hybridized carbons (Fsp3) is 0.133. The standard InChI is InChI=1S/C15H16N/c1-2-11-16-12-7-6-10-15(16)13-14-8-4-3-5-9-14/h2-10,12H,1,11,13H2/q+1. The van der Waals surface area contributed by atoms with E-state index in [4.69, 9.17) is 0 Å². The van der Waals surface area contributed by atoms with Crippen molar-refractivity contribution < 1.29 is 4.57 Å². The molecule has 0 saturated heterocycles. The Kier molecular flexibility index (Phi) is 3.50. The van der Waals surface area contributed by atoms with Crippen LogP contribution in [0.5, 0.6) is 0 Å². The third kappa shape index (κ3) is 2.57. The Morgan fingerprint density at radius 3 is 2.50 bits per heavy atom. The Bertz CT molecular complexity index is 460. The molecule has 0 aliphatic carbocycles. The average molecular weight is 210 g/mol. The largest absolute Gasteiger partial charge is 0.198 e. The first-order valence-electron chi connectivity index (χ1n) is 5.52. The number of pyridine rings is 1. The third-order valence-electron chi connectivity index (χ3n) is 2.59. The first-order valence-corrected chi connectivity index (χ1v) is 5.52. The minimum atomic E-state index is 0.864. The molecule has 1 heteroatoms. The molecule has 16 heavy (non-hydrogen) atoms. The Hall–Kier alpha value is -1.89. The molecule has 0 N–H and O–H groups in total. The molecule has 0 bridgehead atoms. The van der Waals surface area contributed by atoms with Crippen molar-refractivity contribution in [2.45, 2.75) is 13.0 Å². The van der Waals surface area contributed by atoms with Crippen molar-refractivity contribution in [1.29, 1.82) is 0 Å². The molecule has 1 aromatic carbocycles. The normalized spacial score (nSPS) is 10.0. The first-order chi connectivity index (χ1) is 7.90. The summed E-state index contributed by atoms with van der Waals surface area (Å²) in [5.74, 6) is 0. The maximum atomic E-state index is 3.78.